The third-order valence-electron chi connectivity index (χ3n) is 3.65. The third kappa shape index (κ3) is 2.10. The van der Waals surface area contributed by atoms with Crippen LogP contribution in [0.2, 0.25) is 0 Å². The van der Waals surface area contributed by atoms with Crippen molar-refractivity contribution < 1.29 is 9.47 Å². The van der Waals surface area contributed by atoms with Crippen LogP contribution in [-0.4, -0.2) is 42.0 Å². The molecule has 5 nitrogen and oxygen atoms in total. The molecule has 0 bridgehead atoms. The monoisotopic (exact) mass is 237 g/mol. The number of hydrogen-bond donors (Lipinski definition) is 1. The summed E-state index contributed by atoms with van der Waals surface area (Å²) in [5.74, 6) is 0. The van der Waals surface area contributed by atoms with Crippen molar-refractivity contribution in [3.05, 3.63) is 18.2 Å². The fourth-order valence-electron chi connectivity index (χ4n) is 2.68. The predicted octanol–water partition coefficient (Wildman–Crippen LogP) is 0.894. The lowest BCUT2D eigenvalue weighted by atomic mass is 10.1. The molecule has 1 N–H and O–H groups in total. The summed E-state index contributed by atoms with van der Waals surface area (Å²) < 4.78 is 13.7. The van der Waals surface area contributed by atoms with Crippen LogP contribution in [-0.2, 0) is 9.47 Å². The summed E-state index contributed by atoms with van der Waals surface area (Å²) in [6.45, 7) is 5.54. The Morgan fingerprint density at radius 1 is 1.41 bits per heavy atom. The van der Waals surface area contributed by atoms with Crippen LogP contribution in [0.25, 0.3) is 0 Å². The number of rotatable bonds is 2. The Morgan fingerprint density at radius 3 is 3.06 bits per heavy atom. The fourth-order valence-corrected chi connectivity index (χ4v) is 2.68. The molecule has 0 aliphatic carbocycles. The minimum atomic E-state index is 0.124. The predicted molar refractivity (Wildman–Crippen MR) is 62.9 cm³/mol. The van der Waals surface area contributed by atoms with Gasteiger partial charge in [0.2, 0.25) is 0 Å². The molecule has 3 unspecified atom stereocenters. The van der Waals surface area contributed by atoms with E-state index >= 15 is 0 Å². The highest BCUT2D eigenvalue weighted by molar-refractivity contribution is 5.07. The first-order valence-electron chi connectivity index (χ1n) is 6.32. The second-order valence-corrected chi connectivity index (χ2v) is 4.72. The van der Waals surface area contributed by atoms with Gasteiger partial charge in [-0.15, -0.1) is 0 Å². The normalized spacial score (nSPS) is 34.1. The van der Waals surface area contributed by atoms with Crippen molar-refractivity contribution in [1.82, 2.24) is 14.9 Å². The van der Waals surface area contributed by atoms with Gasteiger partial charge in [-0.2, -0.15) is 0 Å². The number of aromatic nitrogens is 2. The molecule has 2 saturated heterocycles. The van der Waals surface area contributed by atoms with Crippen molar-refractivity contribution in [3.63, 3.8) is 0 Å². The Bertz CT molecular complexity index is 374. The first-order chi connectivity index (χ1) is 8.36. The molecule has 1 aromatic rings. The summed E-state index contributed by atoms with van der Waals surface area (Å²) in [4.78, 5) is 4.28. The van der Waals surface area contributed by atoms with E-state index in [0.717, 1.165) is 32.7 Å². The minimum Gasteiger partial charge on any atom is -0.376 e. The molecule has 2 aliphatic rings. The van der Waals surface area contributed by atoms with Crippen LogP contribution in [0.4, 0.5) is 0 Å². The highest BCUT2D eigenvalue weighted by Gasteiger charge is 2.29. The Morgan fingerprint density at radius 2 is 2.35 bits per heavy atom. The van der Waals surface area contributed by atoms with Crippen LogP contribution in [0, 0.1) is 0 Å². The van der Waals surface area contributed by atoms with Crippen molar-refractivity contribution in [1.29, 1.82) is 0 Å². The van der Waals surface area contributed by atoms with Gasteiger partial charge in [0.15, 0.2) is 0 Å². The fraction of sp³-hybridized carbons (Fsp3) is 0.750. The number of nitrogens with zero attached hydrogens (tertiary/aromatic N) is 2. The average molecular weight is 237 g/mol. The van der Waals surface area contributed by atoms with E-state index in [1.54, 1.807) is 0 Å². The topological polar surface area (TPSA) is 48.3 Å². The summed E-state index contributed by atoms with van der Waals surface area (Å²) in [5, 5.41) is 3.35. The van der Waals surface area contributed by atoms with Crippen LogP contribution in [0.1, 0.15) is 31.2 Å². The standard InChI is InChI=1S/C12H19N3O2/c1-9-10(2-4-16-9)15-8-14-6-11(15)12-7-13-3-5-17-12/h6,8-10,12-13H,2-5,7H2,1H3. The van der Waals surface area contributed by atoms with E-state index in [9.17, 15) is 0 Å². The highest BCUT2D eigenvalue weighted by atomic mass is 16.5. The molecule has 0 aromatic carbocycles. The molecular formula is C12H19N3O2. The molecule has 0 spiro atoms. The second-order valence-electron chi connectivity index (χ2n) is 4.72. The Labute approximate surface area is 101 Å². The zero-order valence-electron chi connectivity index (χ0n) is 10.1. The average Bonchev–Trinajstić information content (AvgIpc) is 2.98. The molecule has 17 heavy (non-hydrogen) atoms. The number of ether oxygens (including phenoxy) is 2. The van der Waals surface area contributed by atoms with E-state index in [1.807, 2.05) is 12.5 Å². The van der Waals surface area contributed by atoms with Crippen molar-refractivity contribution in [2.75, 3.05) is 26.3 Å². The minimum absolute atomic E-state index is 0.124. The lowest BCUT2D eigenvalue weighted by molar-refractivity contribution is 0.0206. The quantitative estimate of drug-likeness (QED) is 0.830. The molecule has 0 radical (unpaired) electrons. The van der Waals surface area contributed by atoms with E-state index in [2.05, 4.69) is 21.8 Å². The maximum Gasteiger partial charge on any atom is 0.111 e. The second kappa shape index (κ2) is 4.76. The largest absolute Gasteiger partial charge is 0.376 e. The van der Waals surface area contributed by atoms with Gasteiger partial charge in [0.05, 0.1) is 37.0 Å². The molecule has 0 amide bonds. The van der Waals surface area contributed by atoms with Crippen molar-refractivity contribution in [2.45, 2.75) is 31.6 Å². The lowest BCUT2D eigenvalue weighted by Gasteiger charge is -2.27. The molecule has 5 heteroatoms. The molecule has 1 aromatic heterocycles. The maximum atomic E-state index is 5.79. The maximum absolute atomic E-state index is 5.79. The summed E-state index contributed by atoms with van der Waals surface area (Å²) in [6.07, 6.45) is 5.27. The van der Waals surface area contributed by atoms with Gasteiger partial charge >= 0.3 is 0 Å². The molecule has 3 heterocycles. The molecule has 94 valence electrons. The summed E-state index contributed by atoms with van der Waals surface area (Å²) in [6, 6.07) is 0.401. The molecule has 3 atom stereocenters. The first kappa shape index (κ1) is 11.2. The third-order valence-corrected chi connectivity index (χ3v) is 3.65. The zero-order chi connectivity index (χ0) is 11.7. The smallest absolute Gasteiger partial charge is 0.111 e. The van der Waals surface area contributed by atoms with Crippen molar-refractivity contribution in [3.8, 4) is 0 Å². The SMILES string of the molecule is CC1OCCC1n1cncc1C1CNCCO1. The number of imidazole rings is 1. The van der Waals surface area contributed by atoms with Gasteiger partial charge in [0, 0.05) is 19.7 Å². The number of hydrogen-bond acceptors (Lipinski definition) is 4. The Hall–Kier alpha value is -0.910. The molecule has 3 rings (SSSR count). The lowest BCUT2D eigenvalue weighted by Crippen LogP contribution is -2.35. The van der Waals surface area contributed by atoms with E-state index < -0.39 is 0 Å². The highest BCUT2D eigenvalue weighted by Crippen LogP contribution is 2.30. The van der Waals surface area contributed by atoms with Gasteiger partial charge in [0.25, 0.3) is 0 Å². The van der Waals surface area contributed by atoms with Crippen molar-refractivity contribution in [2.24, 2.45) is 0 Å². The molecule has 2 fully saturated rings. The summed E-state index contributed by atoms with van der Waals surface area (Å²) in [7, 11) is 0. The van der Waals surface area contributed by atoms with Gasteiger partial charge in [0.1, 0.15) is 6.10 Å². The van der Waals surface area contributed by atoms with Gasteiger partial charge in [-0.1, -0.05) is 0 Å². The Balaban J connectivity index is 1.82. The molecule has 2 aliphatic heterocycles. The van der Waals surface area contributed by atoms with Crippen LogP contribution in [0.3, 0.4) is 0 Å². The van der Waals surface area contributed by atoms with Crippen LogP contribution < -0.4 is 5.32 Å². The van der Waals surface area contributed by atoms with E-state index in [1.165, 1.54) is 5.69 Å². The summed E-state index contributed by atoms with van der Waals surface area (Å²) in [5.41, 5.74) is 1.17. The number of morpholine rings is 1. The van der Waals surface area contributed by atoms with Gasteiger partial charge < -0.3 is 19.4 Å². The van der Waals surface area contributed by atoms with Crippen LogP contribution in [0.5, 0.6) is 0 Å². The Kier molecular flexibility index (Phi) is 3.13. The first-order valence-corrected chi connectivity index (χ1v) is 6.32. The molecular weight excluding hydrogens is 218 g/mol. The van der Waals surface area contributed by atoms with Crippen LogP contribution in [0.15, 0.2) is 12.5 Å². The van der Waals surface area contributed by atoms with Gasteiger partial charge in [-0.25, -0.2) is 4.98 Å². The van der Waals surface area contributed by atoms with E-state index in [-0.39, 0.29) is 12.2 Å². The van der Waals surface area contributed by atoms with E-state index in [0.29, 0.717) is 6.04 Å². The van der Waals surface area contributed by atoms with E-state index in [4.69, 9.17) is 9.47 Å². The number of nitrogens with one attached hydrogen (secondary N) is 1. The van der Waals surface area contributed by atoms with Gasteiger partial charge in [-0.3, -0.25) is 0 Å². The van der Waals surface area contributed by atoms with Gasteiger partial charge in [-0.05, 0) is 13.3 Å². The zero-order valence-corrected chi connectivity index (χ0v) is 10.1. The summed E-state index contributed by atoms with van der Waals surface area (Å²) >= 11 is 0. The molecule has 0 saturated carbocycles. The van der Waals surface area contributed by atoms with Crippen LogP contribution >= 0.6 is 0 Å². The van der Waals surface area contributed by atoms with Crippen molar-refractivity contribution >= 4 is 0 Å².